The van der Waals surface area contributed by atoms with Crippen LogP contribution in [-0.2, 0) is 6.54 Å². The van der Waals surface area contributed by atoms with E-state index in [0.717, 1.165) is 17.8 Å². The molecule has 0 radical (unpaired) electrons. The van der Waals surface area contributed by atoms with Crippen molar-refractivity contribution < 1.29 is 5.11 Å². The first kappa shape index (κ1) is 12.9. The van der Waals surface area contributed by atoms with Crippen molar-refractivity contribution in [1.82, 2.24) is 10.3 Å². The normalized spacial score (nSPS) is 15.2. The number of hydrogen-bond acceptors (Lipinski definition) is 4. The zero-order chi connectivity index (χ0) is 11.3. The molecule has 1 aromatic heterocycles. The highest BCUT2D eigenvalue weighted by molar-refractivity contribution is 7.15. The number of nitrogens with zero attached hydrogens (tertiary/aromatic N) is 1. The van der Waals surface area contributed by atoms with Crippen LogP contribution in [0.3, 0.4) is 0 Å². The fourth-order valence-corrected chi connectivity index (χ4v) is 2.19. The summed E-state index contributed by atoms with van der Waals surface area (Å²) < 4.78 is 0.715. The number of rotatable bonds is 6. The second kappa shape index (κ2) is 5.80. The number of halogens is 1. The Hall–Kier alpha value is -0.160. The summed E-state index contributed by atoms with van der Waals surface area (Å²) in [5.41, 5.74) is -0.0209. The summed E-state index contributed by atoms with van der Waals surface area (Å²) in [4.78, 5) is 4.17. The number of thiazole rings is 1. The summed E-state index contributed by atoms with van der Waals surface area (Å²) in [5, 5.41) is 13.3. The Labute approximate surface area is 99.5 Å². The molecule has 1 unspecified atom stereocenters. The van der Waals surface area contributed by atoms with Gasteiger partial charge in [0.15, 0.2) is 0 Å². The Morgan fingerprint density at radius 2 is 2.40 bits per heavy atom. The number of aromatic nitrogens is 1. The van der Waals surface area contributed by atoms with E-state index in [2.05, 4.69) is 24.1 Å². The molecule has 1 rings (SSSR count). The standard InChI is InChI=1S/C10H17ClN2OS/c1-3-10(2,4-5-14)13-7-9-12-6-8(11)15-9/h6,13-14H,3-5,7H2,1-2H3. The third-order valence-corrected chi connectivity index (χ3v) is 3.75. The summed E-state index contributed by atoms with van der Waals surface area (Å²) in [6, 6.07) is 0. The van der Waals surface area contributed by atoms with E-state index < -0.39 is 0 Å². The van der Waals surface area contributed by atoms with Gasteiger partial charge in [0.05, 0.1) is 6.20 Å². The summed E-state index contributed by atoms with van der Waals surface area (Å²) in [7, 11) is 0. The predicted molar refractivity (Wildman–Crippen MR) is 64.4 cm³/mol. The molecule has 86 valence electrons. The van der Waals surface area contributed by atoms with Crippen LogP contribution in [0.1, 0.15) is 31.7 Å². The van der Waals surface area contributed by atoms with E-state index in [0.29, 0.717) is 10.9 Å². The molecule has 0 fully saturated rings. The molecule has 0 aliphatic carbocycles. The van der Waals surface area contributed by atoms with Crippen molar-refractivity contribution in [2.45, 2.75) is 38.8 Å². The fraction of sp³-hybridized carbons (Fsp3) is 0.700. The van der Waals surface area contributed by atoms with Crippen LogP contribution in [0.5, 0.6) is 0 Å². The first-order valence-corrected chi connectivity index (χ1v) is 6.25. The minimum Gasteiger partial charge on any atom is -0.396 e. The van der Waals surface area contributed by atoms with Crippen LogP contribution >= 0.6 is 22.9 Å². The Bertz CT molecular complexity index is 305. The van der Waals surface area contributed by atoms with Crippen LogP contribution in [0.25, 0.3) is 0 Å². The molecule has 1 aromatic rings. The lowest BCUT2D eigenvalue weighted by Gasteiger charge is -2.28. The minimum atomic E-state index is -0.0209. The topological polar surface area (TPSA) is 45.1 Å². The lowest BCUT2D eigenvalue weighted by atomic mass is 9.95. The van der Waals surface area contributed by atoms with Crippen LogP contribution < -0.4 is 5.32 Å². The largest absolute Gasteiger partial charge is 0.396 e. The summed E-state index contributed by atoms with van der Waals surface area (Å²) in [6.45, 7) is 5.13. The van der Waals surface area contributed by atoms with Crippen molar-refractivity contribution in [3.05, 3.63) is 15.5 Å². The molecule has 0 saturated carbocycles. The van der Waals surface area contributed by atoms with Gasteiger partial charge < -0.3 is 10.4 Å². The number of hydrogen-bond donors (Lipinski definition) is 2. The molecule has 1 atom stereocenters. The van der Waals surface area contributed by atoms with Gasteiger partial charge in [0, 0.05) is 18.7 Å². The zero-order valence-corrected chi connectivity index (χ0v) is 10.7. The van der Waals surface area contributed by atoms with E-state index in [-0.39, 0.29) is 12.1 Å². The molecule has 0 aliphatic rings. The van der Waals surface area contributed by atoms with E-state index >= 15 is 0 Å². The van der Waals surface area contributed by atoms with Crippen molar-refractivity contribution >= 4 is 22.9 Å². The molecular weight excluding hydrogens is 232 g/mol. The van der Waals surface area contributed by atoms with Crippen molar-refractivity contribution in [3.8, 4) is 0 Å². The highest BCUT2D eigenvalue weighted by atomic mass is 35.5. The first-order valence-electron chi connectivity index (χ1n) is 5.06. The molecule has 1 heterocycles. The predicted octanol–water partition coefficient (Wildman–Crippen LogP) is 2.44. The van der Waals surface area contributed by atoms with Crippen molar-refractivity contribution in [2.75, 3.05) is 6.61 Å². The Morgan fingerprint density at radius 1 is 1.67 bits per heavy atom. The molecule has 0 aliphatic heterocycles. The average Bonchev–Trinajstić information content (AvgIpc) is 2.62. The second-order valence-electron chi connectivity index (χ2n) is 3.80. The molecular formula is C10H17ClN2OS. The maximum Gasteiger partial charge on any atom is 0.113 e. The quantitative estimate of drug-likeness (QED) is 0.813. The third-order valence-electron chi connectivity index (χ3n) is 2.64. The van der Waals surface area contributed by atoms with Crippen molar-refractivity contribution in [3.63, 3.8) is 0 Å². The van der Waals surface area contributed by atoms with Gasteiger partial charge in [-0.15, -0.1) is 11.3 Å². The van der Waals surface area contributed by atoms with Crippen LogP contribution in [0.2, 0.25) is 4.34 Å². The highest BCUT2D eigenvalue weighted by Gasteiger charge is 2.20. The summed E-state index contributed by atoms with van der Waals surface area (Å²) in [5.74, 6) is 0. The number of aliphatic hydroxyl groups excluding tert-OH is 1. The van der Waals surface area contributed by atoms with Gasteiger partial charge in [-0.3, -0.25) is 0 Å². The maximum absolute atomic E-state index is 8.96. The van der Waals surface area contributed by atoms with Crippen molar-refractivity contribution in [2.24, 2.45) is 0 Å². The van der Waals surface area contributed by atoms with Gasteiger partial charge in [0.2, 0.25) is 0 Å². The average molecular weight is 249 g/mol. The Morgan fingerprint density at radius 3 is 2.87 bits per heavy atom. The molecule has 3 nitrogen and oxygen atoms in total. The van der Waals surface area contributed by atoms with Gasteiger partial charge in [-0.1, -0.05) is 18.5 Å². The molecule has 0 saturated heterocycles. The molecule has 0 bridgehead atoms. The fourth-order valence-electron chi connectivity index (χ4n) is 1.30. The maximum atomic E-state index is 8.96. The van der Waals surface area contributed by atoms with Gasteiger partial charge in [-0.05, 0) is 19.8 Å². The molecule has 15 heavy (non-hydrogen) atoms. The lowest BCUT2D eigenvalue weighted by Crippen LogP contribution is -2.42. The molecule has 2 N–H and O–H groups in total. The van der Waals surface area contributed by atoms with Gasteiger partial charge in [-0.2, -0.15) is 0 Å². The van der Waals surface area contributed by atoms with Gasteiger partial charge in [-0.25, -0.2) is 4.98 Å². The molecule has 0 aromatic carbocycles. The van der Waals surface area contributed by atoms with E-state index in [4.69, 9.17) is 16.7 Å². The van der Waals surface area contributed by atoms with E-state index in [1.807, 2.05) is 0 Å². The zero-order valence-electron chi connectivity index (χ0n) is 9.09. The van der Waals surface area contributed by atoms with Crippen molar-refractivity contribution in [1.29, 1.82) is 0 Å². The SMILES string of the molecule is CCC(C)(CCO)NCc1ncc(Cl)s1. The third kappa shape index (κ3) is 4.07. The van der Waals surface area contributed by atoms with E-state index in [1.54, 1.807) is 6.20 Å². The molecule has 0 amide bonds. The smallest absolute Gasteiger partial charge is 0.113 e. The van der Waals surface area contributed by atoms with Gasteiger partial charge in [0.25, 0.3) is 0 Å². The minimum absolute atomic E-state index is 0.0209. The van der Waals surface area contributed by atoms with Crippen LogP contribution in [0.15, 0.2) is 6.20 Å². The molecule has 0 spiro atoms. The summed E-state index contributed by atoms with van der Waals surface area (Å²) in [6.07, 6.45) is 3.40. The van der Waals surface area contributed by atoms with Crippen LogP contribution in [0.4, 0.5) is 0 Å². The van der Waals surface area contributed by atoms with Gasteiger partial charge >= 0.3 is 0 Å². The van der Waals surface area contributed by atoms with Crippen LogP contribution in [-0.4, -0.2) is 22.2 Å². The van der Waals surface area contributed by atoms with E-state index in [9.17, 15) is 0 Å². The second-order valence-corrected chi connectivity index (χ2v) is 5.55. The van der Waals surface area contributed by atoms with E-state index in [1.165, 1.54) is 11.3 Å². The lowest BCUT2D eigenvalue weighted by molar-refractivity contribution is 0.214. The molecule has 5 heteroatoms. The first-order chi connectivity index (χ1) is 7.09. The van der Waals surface area contributed by atoms with Crippen LogP contribution in [0, 0.1) is 0 Å². The Balaban J connectivity index is 2.47. The number of aliphatic hydroxyl groups is 1. The Kier molecular flexibility index (Phi) is 4.99. The highest BCUT2D eigenvalue weighted by Crippen LogP contribution is 2.20. The van der Waals surface area contributed by atoms with Gasteiger partial charge in [0.1, 0.15) is 9.34 Å². The monoisotopic (exact) mass is 248 g/mol. The summed E-state index contributed by atoms with van der Waals surface area (Å²) >= 11 is 7.28. The number of nitrogens with one attached hydrogen (secondary N) is 1.